The lowest BCUT2D eigenvalue weighted by Gasteiger charge is -2.41. The van der Waals surface area contributed by atoms with E-state index in [9.17, 15) is 26.4 Å². The summed E-state index contributed by atoms with van der Waals surface area (Å²) in [5.74, 6) is -2.85. The largest absolute Gasteiger partial charge is 0.467 e. The van der Waals surface area contributed by atoms with Gasteiger partial charge in [0.25, 0.3) is 0 Å². The first-order valence-corrected chi connectivity index (χ1v) is 7.24. The maximum atomic E-state index is 13.5. The normalized spacial score (nSPS) is 34.8. The lowest BCUT2D eigenvalue weighted by molar-refractivity contribution is -0.230. The van der Waals surface area contributed by atoms with E-state index in [1.165, 1.54) is 12.2 Å². The van der Waals surface area contributed by atoms with Gasteiger partial charge < -0.3 is 4.74 Å². The maximum Gasteiger partial charge on any atom is 0.419 e. The van der Waals surface area contributed by atoms with E-state index in [0.29, 0.717) is 6.26 Å². The van der Waals surface area contributed by atoms with Crippen molar-refractivity contribution in [1.82, 2.24) is 4.31 Å². The number of fused-ring (bicyclic) bond motifs is 2. The highest BCUT2D eigenvalue weighted by Crippen LogP contribution is 2.54. The SMILES string of the molecule is COC(=O)C1(C(F)(F)F)C2C=CC(C2)N1S(C)(=O)=O. The van der Waals surface area contributed by atoms with Crippen LogP contribution in [0.2, 0.25) is 0 Å². The average molecular weight is 299 g/mol. The van der Waals surface area contributed by atoms with Crippen molar-refractivity contribution in [3.05, 3.63) is 12.2 Å². The Morgan fingerprint density at radius 1 is 1.42 bits per heavy atom. The molecule has 0 radical (unpaired) electrons. The molecular formula is C10H12F3NO4S. The summed E-state index contributed by atoms with van der Waals surface area (Å²) in [7, 11) is -3.41. The molecule has 19 heavy (non-hydrogen) atoms. The first-order valence-electron chi connectivity index (χ1n) is 5.39. The molecule has 1 aliphatic heterocycles. The molecule has 3 atom stereocenters. The molecule has 1 heterocycles. The summed E-state index contributed by atoms with van der Waals surface area (Å²) in [6, 6.07) is -0.958. The molecule has 9 heteroatoms. The molecule has 108 valence electrons. The van der Waals surface area contributed by atoms with Crippen molar-refractivity contribution in [2.45, 2.75) is 24.2 Å². The van der Waals surface area contributed by atoms with Crippen LogP contribution < -0.4 is 0 Å². The minimum atomic E-state index is -5.05. The molecule has 2 aliphatic rings. The molecule has 0 aromatic rings. The van der Waals surface area contributed by atoms with Crippen LogP contribution in [0, 0.1) is 5.92 Å². The number of halogens is 3. The molecule has 0 N–H and O–H groups in total. The van der Waals surface area contributed by atoms with E-state index in [-0.39, 0.29) is 10.7 Å². The highest BCUT2D eigenvalue weighted by Gasteiger charge is 2.76. The van der Waals surface area contributed by atoms with Crippen LogP contribution in [0.3, 0.4) is 0 Å². The fraction of sp³-hybridized carbons (Fsp3) is 0.700. The summed E-state index contributed by atoms with van der Waals surface area (Å²) in [5.41, 5.74) is -3.14. The van der Waals surface area contributed by atoms with Crippen molar-refractivity contribution >= 4 is 16.0 Å². The monoisotopic (exact) mass is 299 g/mol. The second kappa shape index (κ2) is 3.95. The van der Waals surface area contributed by atoms with Crippen molar-refractivity contribution < 1.29 is 31.1 Å². The van der Waals surface area contributed by atoms with Crippen molar-refractivity contribution in [3.8, 4) is 0 Å². The number of carbonyl (C=O) groups is 1. The standard InChI is InChI=1S/C10H12F3NO4S/c1-18-8(15)9(10(11,12)13)6-3-4-7(5-6)14(9)19(2,16)17/h3-4,6-7H,5H2,1-2H3. The van der Waals surface area contributed by atoms with Crippen molar-refractivity contribution in [3.63, 3.8) is 0 Å². The average Bonchev–Trinajstić information content (AvgIpc) is 2.83. The number of hydrogen-bond acceptors (Lipinski definition) is 4. The number of esters is 1. The van der Waals surface area contributed by atoms with Crippen LogP contribution in [0.15, 0.2) is 12.2 Å². The van der Waals surface area contributed by atoms with Crippen LogP contribution in [-0.4, -0.2) is 49.8 Å². The third kappa shape index (κ3) is 1.71. The van der Waals surface area contributed by atoms with Crippen LogP contribution in [0.4, 0.5) is 13.2 Å². The first-order chi connectivity index (χ1) is 8.56. The molecule has 2 bridgehead atoms. The quantitative estimate of drug-likeness (QED) is 0.555. The lowest BCUT2D eigenvalue weighted by atomic mass is 9.85. The number of methoxy groups -OCH3 is 1. The minimum absolute atomic E-state index is 0.0678. The Morgan fingerprint density at radius 3 is 2.42 bits per heavy atom. The predicted octanol–water partition coefficient (Wildman–Crippen LogP) is 0.680. The molecule has 1 aliphatic carbocycles. The van der Waals surface area contributed by atoms with Crippen LogP contribution in [0.1, 0.15) is 6.42 Å². The Hall–Kier alpha value is -1.09. The zero-order chi connectivity index (χ0) is 14.6. The van der Waals surface area contributed by atoms with Gasteiger partial charge in [-0.05, 0) is 6.42 Å². The van der Waals surface area contributed by atoms with Gasteiger partial charge in [0.05, 0.1) is 13.4 Å². The number of ether oxygens (including phenoxy) is 1. The van der Waals surface area contributed by atoms with E-state index < -0.39 is 39.7 Å². The Kier molecular flexibility index (Phi) is 2.98. The Morgan fingerprint density at radius 2 is 2.00 bits per heavy atom. The van der Waals surface area contributed by atoms with E-state index in [1.54, 1.807) is 0 Å². The number of sulfonamides is 1. The Bertz CT molecular complexity index is 541. The van der Waals surface area contributed by atoms with Gasteiger partial charge in [0, 0.05) is 12.0 Å². The van der Waals surface area contributed by atoms with Gasteiger partial charge in [-0.3, -0.25) is 0 Å². The van der Waals surface area contributed by atoms with Crippen LogP contribution >= 0.6 is 0 Å². The third-order valence-electron chi connectivity index (χ3n) is 3.53. The summed E-state index contributed by atoms with van der Waals surface area (Å²) >= 11 is 0. The molecule has 1 fully saturated rings. The highest BCUT2D eigenvalue weighted by molar-refractivity contribution is 7.88. The molecular weight excluding hydrogens is 287 g/mol. The summed E-state index contributed by atoms with van der Waals surface area (Å²) in [6.45, 7) is 0. The van der Waals surface area contributed by atoms with E-state index in [1.807, 2.05) is 0 Å². The number of nitrogens with zero attached hydrogens (tertiary/aromatic N) is 1. The van der Waals surface area contributed by atoms with Gasteiger partial charge in [0.1, 0.15) is 0 Å². The zero-order valence-corrected chi connectivity index (χ0v) is 11.0. The fourth-order valence-electron chi connectivity index (χ4n) is 2.94. The summed E-state index contributed by atoms with van der Waals surface area (Å²) in [4.78, 5) is 11.7. The van der Waals surface area contributed by atoms with Crippen LogP contribution in [-0.2, 0) is 19.6 Å². The topological polar surface area (TPSA) is 63.7 Å². The Balaban J connectivity index is 2.71. The first kappa shape index (κ1) is 14.3. The lowest BCUT2D eigenvalue weighted by Crippen LogP contribution is -2.67. The van der Waals surface area contributed by atoms with Crippen LogP contribution in [0.25, 0.3) is 0 Å². The predicted molar refractivity (Wildman–Crippen MR) is 58.5 cm³/mol. The number of alkyl halides is 3. The smallest absolute Gasteiger partial charge is 0.419 e. The molecule has 0 aromatic heterocycles. The summed E-state index contributed by atoms with van der Waals surface area (Å²) in [6.07, 6.45) is -1.85. The summed E-state index contributed by atoms with van der Waals surface area (Å²) < 4.78 is 68.2. The minimum Gasteiger partial charge on any atom is -0.467 e. The fourth-order valence-corrected chi connectivity index (χ4v) is 4.43. The van der Waals surface area contributed by atoms with Gasteiger partial charge >= 0.3 is 12.1 Å². The second-order valence-corrected chi connectivity index (χ2v) is 6.47. The number of rotatable bonds is 2. The Labute approximate surface area is 108 Å². The summed E-state index contributed by atoms with van der Waals surface area (Å²) in [5, 5.41) is 0. The van der Waals surface area contributed by atoms with E-state index in [2.05, 4.69) is 4.74 Å². The second-order valence-electron chi connectivity index (χ2n) is 4.61. The molecule has 5 nitrogen and oxygen atoms in total. The highest BCUT2D eigenvalue weighted by atomic mass is 32.2. The van der Waals surface area contributed by atoms with Crippen molar-refractivity contribution in [2.24, 2.45) is 5.92 Å². The third-order valence-corrected chi connectivity index (χ3v) is 4.81. The van der Waals surface area contributed by atoms with Crippen molar-refractivity contribution in [1.29, 1.82) is 0 Å². The number of hydrogen-bond donors (Lipinski definition) is 0. The molecule has 2 rings (SSSR count). The molecule has 3 unspecified atom stereocenters. The maximum absolute atomic E-state index is 13.5. The van der Waals surface area contributed by atoms with E-state index >= 15 is 0 Å². The molecule has 0 amide bonds. The van der Waals surface area contributed by atoms with Gasteiger partial charge in [-0.25, -0.2) is 13.2 Å². The van der Waals surface area contributed by atoms with Crippen LogP contribution in [0.5, 0.6) is 0 Å². The van der Waals surface area contributed by atoms with Gasteiger partial charge in [-0.1, -0.05) is 12.2 Å². The molecule has 0 spiro atoms. The van der Waals surface area contributed by atoms with Gasteiger partial charge in [0.15, 0.2) is 0 Å². The molecule has 0 saturated carbocycles. The van der Waals surface area contributed by atoms with Gasteiger partial charge in [-0.15, -0.1) is 0 Å². The van der Waals surface area contributed by atoms with Crippen molar-refractivity contribution in [2.75, 3.05) is 13.4 Å². The van der Waals surface area contributed by atoms with E-state index in [4.69, 9.17) is 0 Å². The zero-order valence-electron chi connectivity index (χ0n) is 10.1. The molecule has 1 saturated heterocycles. The molecule has 0 aromatic carbocycles. The van der Waals surface area contributed by atoms with E-state index in [0.717, 1.165) is 7.11 Å². The number of carbonyl (C=O) groups excluding carboxylic acids is 1. The van der Waals surface area contributed by atoms with Gasteiger partial charge in [-0.2, -0.15) is 17.5 Å². The van der Waals surface area contributed by atoms with Gasteiger partial charge in [0.2, 0.25) is 15.6 Å².